The van der Waals surface area contributed by atoms with Crippen molar-refractivity contribution in [1.82, 2.24) is 9.80 Å². The van der Waals surface area contributed by atoms with Gasteiger partial charge in [0.2, 0.25) is 11.8 Å². The van der Waals surface area contributed by atoms with Gasteiger partial charge in [-0.3, -0.25) is 19.4 Å². The zero-order chi connectivity index (χ0) is 13.7. The van der Waals surface area contributed by atoms with E-state index in [1.165, 1.54) is 4.90 Å². The molecule has 4 atom stereocenters. The van der Waals surface area contributed by atoms with Crippen LogP contribution in [0.25, 0.3) is 0 Å². The molecule has 0 aromatic carbocycles. The molecule has 4 rings (SSSR count). The minimum atomic E-state index is -0.276. The van der Waals surface area contributed by atoms with Gasteiger partial charge in [0.15, 0.2) is 0 Å². The summed E-state index contributed by atoms with van der Waals surface area (Å²) in [7, 11) is 0. The highest BCUT2D eigenvalue weighted by atomic mass is 16.5. The molecule has 0 aromatic heterocycles. The first-order valence-electron chi connectivity index (χ1n) is 7.25. The zero-order valence-electron chi connectivity index (χ0n) is 11.2. The van der Waals surface area contributed by atoms with Crippen molar-refractivity contribution in [2.24, 2.45) is 11.8 Å². The molecule has 0 aliphatic carbocycles. The summed E-state index contributed by atoms with van der Waals surface area (Å²) in [5, 5.41) is 0. The Kier molecular flexibility index (Phi) is 2.90. The summed E-state index contributed by atoms with van der Waals surface area (Å²) < 4.78 is 10.9. The van der Waals surface area contributed by atoms with Crippen LogP contribution in [0.15, 0.2) is 12.2 Å². The van der Waals surface area contributed by atoms with Crippen molar-refractivity contribution >= 4 is 11.8 Å². The lowest BCUT2D eigenvalue weighted by Gasteiger charge is -2.28. The van der Waals surface area contributed by atoms with Gasteiger partial charge in [0.1, 0.15) is 0 Å². The molecular weight excluding hydrogens is 260 g/mol. The first-order chi connectivity index (χ1) is 9.75. The summed E-state index contributed by atoms with van der Waals surface area (Å²) in [5.74, 6) is -0.653. The second-order valence-electron chi connectivity index (χ2n) is 5.78. The Hall–Kier alpha value is -1.24. The normalized spacial score (nSPS) is 39.9. The van der Waals surface area contributed by atoms with Gasteiger partial charge >= 0.3 is 0 Å². The second kappa shape index (κ2) is 4.65. The van der Waals surface area contributed by atoms with Crippen LogP contribution in [0.5, 0.6) is 0 Å². The van der Waals surface area contributed by atoms with E-state index in [-0.39, 0.29) is 35.9 Å². The highest BCUT2D eigenvalue weighted by Gasteiger charge is 2.60. The van der Waals surface area contributed by atoms with Crippen LogP contribution in [0.4, 0.5) is 0 Å². The van der Waals surface area contributed by atoms with Crippen molar-refractivity contribution in [3.63, 3.8) is 0 Å². The molecule has 6 heteroatoms. The van der Waals surface area contributed by atoms with Gasteiger partial charge in [0.05, 0.1) is 37.3 Å². The number of morpholine rings is 1. The minimum Gasteiger partial charge on any atom is -0.379 e. The highest BCUT2D eigenvalue weighted by molar-refractivity contribution is 6.06. The fourth-order valence-electron chi connectivity index (χ4n) is 3.65. The maximum Gasteiger partial charge on any atom is 0.236 e. The molecular formula is C14H18N2O4. The van der Waals surface area contributed by atoms with E-state index < -0.39 is 0 Å². The monoisotopic (exact) mass is 278 g/mol. The van der Waals surface area contributed by atoms with Crippen molar-refractivity contribution in [2.75, 3.05) is 39.4 Å². The highest BCUT2D eigenvalue weighted by Crippen LogP contribution is 2.44. The summed E-state index contributed by atoms with van der Waals surface area (Å²) in [4.78, 5) is 28.5. The summed E-state index contributed by atoms with van der Waals surface area (Å²) >= 11 is 0. The fraction of sp³-hybridized carbons (Fsp3) is 0.714. The van der Waals surface area contributed by atoms with Crippen LogP contribution in [0, 0.1) is 11.8 Å². The number of rotatable bonds is 3. The largest absolute Gasteiger partial charge is 0.379 e. The van der Waals surface area contributed by atoms with E-state index in [1.54, 1.807) is 0 Å². The van der Waals surface area contributed by atoms with Crippen molar-refractivity contribution in [2.45, 2.75) is 12.2 Å². The molecule has 6 nitrogen and oxygen atoms in total. The van der Waals surface area contributed by atoms with Gasteiger partial charge < -0.3 is 9.47 Å². The number of nitrogens with zero attached hydrogens (tertiary/aromatic N) is 2. The molecule has 0 saturated carbocycles. The molecule has 4 aliphatic heterocycles. The first-order valence-corrected chi connectivity index (χ1v) is 7.25. The average Bonchev–Trinajstić information content (AvgIpc) is 3.13. The number of imide groups is 1. The maximum absolute atomic E-state index is 12.4. The van der Waals surface area contributed by atoms with Gasteiger partial charge in [-0.2, -0.15) is 0 Å². The number of likely N-dealkylation sites (tertiary alicyclic amines) is 1. The van der Waals surface area contributed by atoms with Gasteiger partial charge in [0, 0.05) is 26.2 Å². The first kappa shape index (κ1) is 12.5. The molecule has 2 bridgehead atoms. The average molecular weight is 278 g/mol. The van der Waals surface area contributed by atoms with Gasteiger partial charge in [-0.05, 0) is 0 Å². The molecule has 0 spiro atoms. The predicted molar refractivity (Wildman–Crippen MR) is 68.8 cm³/mol. The van der Waals surface area contributed by atoms with Gasteiger partial charge in [-0.15, -0.1) is 0 Å². The van der Waals surface area contributed by atoms with E-state index in [1.807, 2.05) is 12.2 Å². The number of carbonyl (C=O) groups excluding carboxylic acids is 2. The molecule has 3 fully saturated rings. The van der Waals surface area contributed by atoms with Crippen molar-refractivity contribution in [1.29, 1.82) is 0 Å². The molecule has 20 heavy (non-hydrogen) atoms. The van der Waals surface area contributed by atoms with E-state index in [9.17, 15) is 9.59 Å². The molecule has 2 amide bonds. The van der Waals surface area contributed by atoms with Crippen LogP contribution >= 0.6 is 0 Å². The number of ether oxygens (including phenoxy) is 2. The summed E-state index contributed by atoms with van der Waals surface area (Å²) in [6.45, 7) is 4.44. The quantitative estimate of drug-likeness (QED) is 0.502. The van der Waals surface area contributed by atoms with E-state index >= 15 is 0 Å². The smallest absolute Gasteiger partial charge is 0.236 e. The SMILES string of the molecule is O=C1[C@@H]2[C@H](C(=O)N1CCN1CCOCC1)[C@@H]1C=C[C@@H]2O1. The molecule has 3 saturated heterocycles. The number of amides is 2. The van der Waals surface area contributed by atoms with E-state index in [4.69, 9.17) is 9.47 Å². The van der Waals surface area contributed by atoms with E-state index in [0.717, 1.165) is 32.8 Å². The lowest BCUT2D eigenvalue weighted by atomic mass is 9.85. The van der Waals surface area contributed by atoms with Crippen LogP contribution in [0.2, 0.25) is 0 Å². The Morgan fingerprint density at radius 2 is 1.60 bits per heavy atom. The van der Waals surface area contributed by atoms with Gasteiger partial charge in [0.25, 0.3) is 0 Å². The Morgan fingerprint density at radius 1 is 1.00 bits per heavy atom. The maximum atomic E-state index is 12.4. The Morgan fingerprint density at radius 3 is 2.20 bits per heavy atom. The molecule has 0 N–H and O–H groups in total. The predicted octanol–water partition coefficient (Wildman–Crippen LogP) is -0.743. The van der Waals surface area contributed by atoms with Crippen LogP contribution in [-0.2, 0) is 19.1 Å². The number of hydrogen-bond donors (Lipinski definition) is 0. The molecule has 108 valence electrons. The molecule has 0 aromatic rings. The third-order valence-electron chi connectivity index (χ3n) is 4.75. The lowest BCUT2D eigenvalue weighted by Crippen LogP contribution is -2.44. The number of hydrogen-bond acceptors (Lipinski definition) is 5. The van der Waals surface area contributed by atoms with Crippen LogP contribution in [0.3, 0.4) is 0 Å². The Balaban J connectivity index is 1.42. The number of carbonyl (C=O) groups is 2. The molecule has 0 unspecified atom stereocenters. The summed E-state index contributed by atoms with van der Waals surface area (Å²) in [5.41, 5.74) is 0. The van der Waals surface area contributed by atoms with E-state index in [2.05, 4.69) is 4.90 Å². The van der Waals surface area contributed by atoms with Crippen molar-refractivity contribution < 1.29 is 19.1 Å². The lowest BCUT2D eigenvalue weighted by molar-refractivity contribution is -0.142. The Bertz CT molecular complexity index is 442. The standard InChI is InChI=1S/C14H18N2O4/c17-13-11-9-1-2-10(20-9)12(11)14(18)16(13)4-3-15-5-7-19-8-6-15/h1-2,9-12H,3-8H2/t9-,10-,11-,12+/m0/s1. The molecule has 4 aliphatic rings. The zero-order valence-corrected chi connectivity index (χ0v) is 11.2. The van der Waals surface area contributed by atoms with E-state index in [0.29, 0.717) is 6.54 Å². The molecule has 4 heterocycles. The van der Waals surface area contributed by atoms with Crippen molar-refractivity contribution in [3.8, 4) is 0 Å². The van der Waals surface area contributed by atoms with Crippen LogP contribution < -0.4 is 0 Å². The fourth-order valence-corrected chi connectivity index (χ4v) is 3.65. The van der Waals surface area contributed by atoms with Gasteiger partial charge in [-0.25, -0.2) is 0 Å². The summed E-state index contributed by atoms with van der Waals surface area (Å²) in [6.07, 6.45) is 3.47. The third kappa shape index (κ3) is 1.75. The van der Waals surface area contributed by atoms with Gasteiger partial charge in [-0.1, -0.05) is 12.2 Å². The Labute approximate surface area is 117 Å². The molecule has 0 radical (unpaired) electrons. The topological polar surface area (TPSA) is 59.1 Å². The van der Waals surface area contributed by atoms with Crippen molar-refractivity contribution in [3.05, 3.63) is 12.2 Å². The van der Waals surface area contributed by atoms with Crippen LogP contribution in [0.1, 0.15) is 0 Å². The summed E-state index contributed by atoms with van der Waals surface area (Å²) in [6, 6.07) is 0. The number of fused-ring (bicyclic) bond motifs is 5. The second-order valence-corrected chi connectivity index (χ2v) is 5.78. The minimum absolute atomic E-state index is 0.0508. The van der Waals surface area contributed by atoms with Crippen LogP contribution in [-0.4, -0.2) is 73.2 Å². The third-order valence-corrected chi connectivity index (χ3v) is 4.75.